The van der Waals surface area contributed by atoms with Crippen molar-refractivity contribution >= 4 is 23.0 Å². The molecule has 0 aromatic carbocycles. The van der Waals surface area contributed by atoms with Crippen LogP contribution < -0.4 is 0 Å². The van der Waals surface area contributed by atoms with Gasteiger partial charge in [0, 0.05) is 5.38 Å². The first-order valence-corrected chi connectivity index (χ1v) is 7.79. The third-order valence-corrected chi connectivity index (χ3v) is 3.11. The molecule has 1 unspecified atom stereocenters. The van der Waals surface area contributed by atoms with E-state index >= 15 is 0 Å². The molecule has 0 radical (unpaired) electrons. The summed E-state index contributed by atoms with van der Waals surface area (Å²) in [4.78, 5) is 21.0. The van der Waals surface area contributed by atoms with Gasteiger partial charge in [-0.1, -0.05) is 13.8 Å². The quantitative estimate of drug-likeness (QED) is 0.615. The third-order valence-electron chi connectivity index (χ3n) is 2.53. The van der Waals surface area contributed by atoms with Crippen LogP contribution in [0.1, 0.15) is 53.7 Å². The lowest BCUT2D eigenvalue weighted by Crippen LogP contribution is -2.32. The number of ether oxygens (including phenoxy) is 1. The lowest BCUT2D eigenvalue weighted by Gasteiger charge is -2.23. The van der Waals surface area contributed by atoms with E-state index in [0.29, 0.717) is 12.3 Å². The van der Waals surface area contributed by atoms with Crippen molar-refractivity contribution in [2.45, 2.75) is 59.6 Å². The average Bonchev–Trinajstić information content (AvgIpc) is 2.78. The number of aliphatic imine (C=N–C) groups is 1. The largest absolute Gasteiger partial charge is 0.458 e. The number of hydrogen-bond donors (Lipinski definition) is 0. The van der Waals surface area contributed by atoms with Crippen molar-refractivity contribution < 1.29 is 9.53 Å². The minimum Gasteiger partial charge on any atom is -0.458 e. The molecule has 1 atom stereocenters. The molecule has 112 valence electrons. The minimum atomic E-state index is -0.490. The minimum absolute atomic E-state index is 0.263. The van der Waals surface area contributed by atoms with E-state index in [4.69, 9.17) is 4.74 Å². The van der Waals surface area contributed by atoms with Gasteiger partial charge in [0.05, 0.1) is 16.9 Å². The summed E-state index contributed by atoms with van der Waals surface area (Å²) in [6, 6.07) is -0.462. The van der Waals surface area contributed by atoms with Crippen LogP contribution in [-0.4, -0.2) is 28.3 Å². The maximum Gasteiger partial charge on any atom is 0.331 e. The van der Waals surface area contributed by atoms with Crippen LogP contribution in [0.4, 0.5) is 0 Å². The van der Waals surface area contributed by atoms with E-state index in [-0.39, 0.29) is 5.97 Å². The van der Waals surface area contributed by atoms with Gasteiger partial charge < -0.3 is 4.74 Å². The predicted molar refractivity (Wildman–Crippen MR) is 83.4 cm³/mol. The highest BCUT2D eigenvalue weighted by Crippen LogP contribution is 2.16. The summed E-state index contributed by atoms with van der Waals surface area (Å²) in [5.41, 5.74) is 2.88. The Labute approximate surface area is 125 Å². The zero-order chi connectivity index (χ0) is 15.3. The molecule has 1 heterocycles. The number of thiazole rings is 1. The fraction of sp³-hybridized carbons (Fsp3) is 0.667. The summed E-state index contributed by atoms with van der Waals surface area (Å²) in [7, 11) is 0. The van der Waals surface area contributed by atoms with Gasteiger partial charge in [-0.05, 0) is 40.0 Å². The molecule has 0 saturated heterocycles. The Bertz CT molecular complexity index is 459. The maximum atomic E-state index is 12.3. The van der Waals surface area contributed by atoms with Gasteiger partial charge in [-0.15, -0.1) is 11.3 Å². The molecule has 1 aromatic rings. The molecule has 1 rings (SSSR count). The van der Waals surface area contributed by atoms with Crippen LogP contribution >= 0.6 is 11.3 Å². The molecule has 0 saturated carbocycles. The summed E-state index contributed by atoms with van der Waals surface area (Å²) in [5, 5.41) is 1.93. The van der Waals surface area contributed by atoms with Gasteiger partial charge in [-0.3, -0.25) is 4.99 Å². The van der Waals surface area contributed by atoms with E-state index in [9.17, 15) is 4.79 Å². The molecule has 0 N–H and O–H groups in total. The fourth-order valence-electron chi connectivity index (χ4n) is 1.71. The van der Waals surface area contributed by atoms with Crippen molar-refractivity contribution in [3.05, 3.63) is 16.6 Å². The first kappa shape index (κ1) is 16.8. The molecule has 5 heteroatoms. The lowest BCUT2D eigenvalue weighted by atomic mass is 10.0. The summed E-state index contributed by atoms with van der Waals surface area (Å²) in [6.45, 7) is 11.6. The zero-order valence-corrected chi connectivity index (χ0v) is 14.0. The Morgan fingerprint density at radius 2 is 2.10 bits per heavy atom. The number of rotatable bonds is 5. The average molecular weight is 296 g/mol. The van der Waals surface area contributed by atoms with Crippen LogP contribution in [0.2, 0.25) is 0 Å². The van der Waals surface area contributed by atoms with Crippen LogP contribution in [0, 0.1) is 5.92 Å². The lowest BCUT2D eigenvalue weighted by molar-refractivity contribution is -0.156. The molecule has 4 nitrogen and oxygen atoms in total. The van der Waals surface area contributed by atoms with Crippen LogP contribution in [-0.2, 0) is 9.53 Å². The van der Waals surface area contributed by atoms with Crippen LogP contribution in [0.25, 0.3) is 0 Å². The van der Waals surface area contributed by atoms with Crippen molar-refractivity contribution in [1.82, 2.24) is 4.98 Å². The summed E-state index contributed by atoms with van der Waals surface area (Å²) < 4.78 is 5.46. The summed E-state index contributed by atoms with van der Waals surface area (Å²) >= 11 is 1.52. The Morgan fingerprint density at radius 3 is 2.55 bits per heavy atom. The van der Waals surface area contributed by atoms with E-state index in [2.05, 4.69) is 23.8 Å². The van der Waals surface area contributed by atoms with Crippen molar-refractivity contribution in [2.75, 3.05) is 0 Å². The zero-order valence-electron chi connectivity index (χ0n) is 13.1. The maximum absolute atomic E-state index is 12.3. The van der Waals surface area contributed by atoms with Crippen molar-refractivity contribution in [3.63, 3.8) is 0 Å². The van der Waals surface area contributed by atoms with Gasteiger partial charge >= 0.3 is 5.97 Å². The molecule has 0 bridgehead atoms. The van der Waals surface area contributed by atoms with Crippen LogP contribution in [0.15, 0.2) is 15.9 Å². The van der Waals surface area contributed by atoms with Gasteiger partial charge in [-0.2, -0.15) is 0 Å². The molecule has 1 aromatic heterocycles. The van der Waals surface area contributed by atoms with Gasteiger partial charge in [0.1, 0.15) is 11.6 Å². The highest BCUT2D eigenvalue weighted by atomic mass is 32.1. The van der Waals surface area contributed by atoms with E-state index in [1.165, 1.54) is 11.3 Å². The Morgan fingerprint density at radius 1 is 1.45 bits per heavy atom. The normalized spacial score (nSPS) is 14.4. The number of hydrogen-bond acceptors (Lipinski definition) is 5. The number of nitrogens with zero attached hydrogens (tertiary/aromatic N) is 2. The molecule has 0 aliphatic rings. The highest BCUT2D eigenvalue weighted by Gasteiger charge is 2.25. The Balaban J connectivity index is 2.89. The second kappa shape index (κ2) is 6.97. The molecule has 20 heavy (non-hydrogen) atoms. The number of aromatic nitrogens is 1. The first-order chi connectivity index (χ1) is 9.19. The molecule has 0 aliphatic carbocycles. The molecule has 0 spiro atoms. The number of esters is 1. The molecule has 0 aliphatic heterocycles. The highest BCUT2D eigenvalue weighted by molar-refractivity contribution is 7.07. The van der Waals surface area contributed by atoms with Gasteiger partial charge in [0.15, 0.2) is 0 Å². The second-order valence-electron chi connectivity index (χ2n) is 6.27. The Kier molecular flexibility index (Phi) is 5.87. The first-order valence-electron chi connectivity index (χ1n) is 6.85. The van der Waals surface area contributed by atoms with E-state index in [1.807, 2.05) is 33.1 Å². The van der Waals surface area contributed by atoms with Gasteiger partial charge in [-0.25, -0.2) is 9.78 Å². The standard InChI is InChI=1S/C15H24N2O2S/c1-10(2)7-12(14(18)19-15(4,5)6)17-11(3)13-8-20-9-16-13/h8-10,12H,7H2,1-6H3. The smallest absolute Gasteiger partial charge is 0.331 e. The van der Waals surface area contributed by atoms with Crippen molar-refractivity contribution in [3.8, 4) is 0 Å². The topological polar surface area (TPSA) is 51.5 Å². The summed E-state index contributed by atoms with van der Waals surface area (Å²) in [5.74, 6) is 0.111. The number of carbonyl (C=O) groups excluding carboxylic acids is 1. The third kappa shape index (κ3) is 5.82. The molecular formula is C15H24N2O2S. The van der Waals surface area contributed by atoms with E-state index in [1.54, 1.807) is 5.51 Å². The van der Waals surface area contributed by atoms with E-state index < -0.39 is 11.6 Å². The monoisotopic (exact) mass is 296 g/mol. The number of carbonyl (C=O) groups is 1. The fourth-order valence-corrected chi connectivity index (χ4v) is 2.30. The second-order valence-corrected chi connectivity index (χ2v) is 6.99. The Hall–Kier alpha value is -1.23. The van der Waals surface area contributed by atoms with Gasteiger partial charge in [0.2, 0.25) is 0 Å². The predicted octanol–water partition coefficient (Wildman–Crippen LogP) is 3.71. The molecule has 0 amide bonds. The molecular weight excluding hydrogens is 272 g/mol. The SMILES string of the molecule is CC(=NC(CC(C)C)C(=O)OC(C)(C)C)c1cscn1. The van der Waals surface area contributed by atoms with Crippen molar-refractivity contribution in [2.24, 2.45) is 10.9 Å². The van der Waals surface area contributed by atoms with Crippen LogP contribution in [0.5, 0.6) is 0 Å². The van der Waals surface area contributed by atoms with Crippen molar-refractivity contribution in [1.29, 1.82) is 0 Å². The van der Waals surface area contributed by atoms with Crippen LogP contribution in [0.3, 0.4) is 0 Å². The van der Waals surface area contributed by atoms with E-state index in [0.717, 1.165) is 11.4 Å². The van der Waals surface area contributed by atoms with Gasteiger partial charge in [0.25, 0.3) is 0 Å². The summed E-state index contributed by atoms with van der Waals surface area (Å²) in [6.07, 6.45) is 0.677. The molecule has 0 fully saturated rings.